The Kier molecular flexibility index (Phi) is 2.61. The summed E-state index contributed by atoms with van der Waals surface area (Å²) in [7, 11) is 0. The van der Waals surface area contributed by atoms with Crippen molar-refractivity contribution in [1.29, 1.82) is 0 Å². The van der Waals surface area contributed by atoms with Crippen LogP contribution in [0.15, 0.2) is 11.8 Å². The van der Waals surface area contributed by atoms with Gasteiger partial charge in [0.05, 0.1) is 6.08 Å². The van der Waals surface area contributed by atoms with Crippen molar-refractivity contribution in [3.63, 3.8) is 0 Å². The van der Waals surface area contributed by atoms with Gasteiger partial charge in [0, 0.05) is 13.8 Å². The molecule has 0 aromatic carbocycles. The fraction of sp³-hybridized carbons (Fsp3) is 0.667. The van der Waals surface area contributed by atoms with Gasteiger partial charge in [-0.15, -0.1) is 0 Å². The Labute approximate surface area is 77.1 Å². The Hall–Kier alpha value is -1.03. The van der Waals surface area contributed by atoms with Crippen LogP contribution in [-0.2, 0) is 14.3 Å². The molecule has 1 aliphatic rings. The maximum atomic E-state index is 11.0. The fourth-order valence-corrected chi connectivity index (χ4v) is 1.09. The Morgan fingerprint density at radius 2 is 2.15 bits per heavy atom. The molecule has 0 amide bonds. The van der Waals surface area contributed by atoms with Gasteiger partial charge in [0.1, 0.15) is 11.9 Å². The average Bonchev–Trinajstić information content (AvgIpc) is 1.99. The maximum absolute atomic E-state index is 11.0. The number of hydrogen-bond acceptors (Lipinski definition) is 4. The molecule has 1 heterocycles. The molecule has 4 heteroatoms. The Morgan fingerprint density at radius 1 is 1.54 bits per heavy atom. The molecule has 0 spiro atoms. The molecule has 0 aromatic rings. The normalized spacial score (nSPS) is 22.8. The van der Waals surface area contributed by atoms with E-state index < -0.39 is 17.9 Å². The predicted molar refractivity (Wildman–Crippen MR) is 45.6 cm³/mol. The van der Waals surface area contributed by atoms with E-state index in [2.05, 4.69) is 0 Å². The van der Waals surface area contributed by atoms with Gasteiger partial charge in [0.2, 0.25) is 5.79 Å². The first-order valence-electron chi connectivity index (χ1n) is 4.26. The molecule has 74 valence electrons. The third-order valence-corrected chi connectivity index (χ3v) is 1.69. The van der Waals surface area contributed by atoms with Gasteiger partial charge in [-0.3, -0.25) is 0 Å². The second-order valence-corrected chi connectivity index (χ2v) is 3.39. The molecule has 0 aliphatic carbocycles. The number of carbonyl (C=O) groups excluding carboxylic acids is 1. The van der Waals surface area contributed by atoms with E-state index in [0.29, 0.717) is 6.42 Å². The number of ether oxygens (including phenoxy) is 2. The molecule has 0 saturated heterocycles. The lowest BCUT2D eigenvalue weighted by atomic mass is 10.2. The minimum absolute atomic E-state index is 0.281. The molecular formula is C9H14O4. The summed E-state index contributed by atoms with van der Waals surface area (Å²) in [4.78, 5) is 11.0. The summed E-state index contributed by atoms with van der Waals surface area (Å²) >= 11 is 0. The lowest BCUT2D eigenvalue weighted by Crippen LogP contribution is -2.37. The highest BCUT2D eigenvalue weighted by Gasteiger charge is 2.32. The minimum atomic E-state index is -0.975. The number of aliphatic hydroxyl groups is 1. The van der Waals surface area contributed by atoms with E-state index in [0.717, 1.165) is 0 Å². The van der Waals surface area contributed by atoms with Gasteiger partial charge in [-0.2, -0.15) is 0 Å². The number of aliphatic hydroxyl groups excluding tert-OH is 1. The van der Waals surface area contributed by atoms with Crippen LogP contribution in [0.1, 0.15) is 27.2 Å². The minimum Gasteiger partial charge on any atom is -0.454 e. The summed E-state index contributed by atoms with van der Waals surface area (Å²) in [5.74, 6) is -1.17. The number of cyclic esters (lactones) is 1. The van der Waals surface area contributed by atoms with Crippen molar-refractivity contribution in [2.75, 3.05) is 0 Å². The third kappa shape index (κ3) is 2.45. The monoisotopic (exact) mass is 186 g/mol. The second kappa shape index (κ2) is 3.38. The van der Waals surface area contributed by atoms with Crippen LogP contribution < -0.4 is 0 Å². The Balaban J connectivity index is 2.81. The van der Waals surface area contributed by atoms with Crippen molar-refractivity contribution in [3.8, 4) is 0 Å². The highest BCUT2D eigenvalue weighted by atomic mass is 16.7. The molecule has 1 rings (SSSR count). The van der Waals surface area contributed by atoms with Crippen LogP contribution in [0.5, 0.6) is 0 Å². The van der Waals surface area contributed by atoms with E-state index in [-0.39, 0.29) is 5.76 Å². The maximum Gasteiger partial charge on any atom is 0.337 e. The Bertz CT molecular complexity index is 242. The first-order chi connectivity index (χ1) is 5.94. The van der Waals surface area contributed by atoms with Crippen LogP contribution in [0.2, 0.25) is 0 Å². The van der Waals surface area contributed by atoms with Gasteiger partial charge in [0.15, 0.2) is 0 Å². The first kappa shape index (κ1) is 10.1. The number of esters is 1. The molecule has 0 bridgehead atoms. The van der Waals surface area contributed by atoms with Crippen molar-refractivity contribution in [2.45, 2.75) is 39.1 Å². The van der Waals surface area contributed by atoms with Crippen LogP contribution >= 0.6 is 0 Å². The third-order valence-electron chi connectivity index (χ3n) is 1.69. The summed E-state index contributed by atoms with van der Waals surface area (Å²) < 4.78 is 10.1. The zero-order chi connectivity index (χ0) is 10.1. The van der Waals surface area contributed by atoms with Crippen LogP contribution in [0.4, 0.5) is 0 Å². The number of rotatable bonds is 2. The zero-order valence-electron chi connectivity index (χ0n) is 8.03. The molecule has 0 aromatic heterocycles. The first-order valence-corrected chi connectivity index (χ1v) is 4.26. The summed E-state index contributed by atoms with van der Waals surface area (Å²) in [6, 6.07) is 0. The molecule has 1 N–H and O–H groups in total. The fourth-order valence-electron chi connectivity index (χ4n) is 1.09. The van der Waals surface area contributed by atoms with Crippen LogP contribution in [-0.4, -0.2) is 23.0 Å². The molecule has 1 atom stereocenters. The quantitative estimate of drug-likeness (QED) is 0.652. The molecule has 0 radical (unpaired) electrons. The summed E-state index contributed by atoms with van der Waals surface area (Å²) in [6.07, 6.45) is 0.960. The molecular weight excluding hydrogens is 172 g/mol. The van der Waals surface area contributed by atoms with Crippen molar-refractivity contribution < 1.29 is 19.4 Å². The zero-order valence-corrected chi connectivity index (χ0v) is 8.03. The lowest BCUT2D eigenvalue weighted by Gasteiger charge is -2.32. The SMILES string of the molecule is CCC(O)C1=CC(=O)OC(C)(C)O1. The second-order valence-electron chi connectivity index (χ2n) is 3.39. The van der Waals surface area contributed by atoms with Crippen LogP contribution in [0.25, 0.3) is 0 Å². The van der Waals surface area contributed by atoms with Gasteiger partial charge < -0.3 is 14.6 Å². The van der Waals surface area contributed by atoms with Crippen molar-refractivity contribution >= 4 is 5.97 Å². The molecule has 0 saturated carbocycles. The van der Waals surface area contributed by atoms with Gasteiger partial charge in [-0.1, -0.05) is 6.92 Å². The Morgan fingerprint density at radius 3 is 2.62 bits per heavy atom. The number of carbonyl (C=O) groups is 1. The van der Waals surface area contributed by atoms with Gasteiger partial charge >= 0.3 is 5.97 Å². The van der Waals surface area contributed by atoms with E-state index in [1.165, 1.54) is 6.08 Å². The van der Waals surface area contributed by atoms with Crippen LogP contribution in [0.3, 0.4) is 0 Å². The molecule has 0 fully saturated rings. The highest BCUT2D eigenvalue weighted by molar-refractivity contribution is 5.83. The van der Waals surface area contributed by atoms with E-state index >= 15 is 0 Å². The topological polar surface area (TPSA) is 55.8 Å². The molecule has 1 unspecified atom stereocenters. The van der Waals surface area contributed by atoms with Crippen LogP contribution in [0, 0.1) is 0 Å². The summed E-state index contributed by atoms with van der Waals surface area (Å²) in [5, 5.41) is 9.43. The summed E-state index contributed by atoms with van der Waals surface area (Å²) in [5.41, 5.74) is 0. The lowest BCUT2D eigenvalue weighted by molar-refractivity contribution is -0.210. The van der Waals surface area contributed by atoms with Gasteiger partial charge in [-0.05, 0) is 6.42 Å². The van der Waals surface area contributed by atoms with Gasteiger partial charge in [0.25, 0.3) is 0 Å². The van der Waals surface area contributed by atoms with E-state index in [1.54, 1.807) is 13.8 Å². The standard InChI is InChI=1S/C9H14O4/c1-4-6(10)7-5-8(11)13-9(2,3)12-7/h5-6,10H,4H2,1-3H3. The smallest absolute Gasteiger partial charge is 0.337 e. The van der Waals surface area contributed by atoms with E-state index in [4.69, 9.17) is 9.47 Å². The molecule has 1 aliphatic heterocycles. The largest absolute Gasteiger partial charge is 0.454 e. The van der Waals surface area contributed by atoms with E-state index in [1.807, 2.05) is 6.92 Å². The van der Waals surface area contributed by atoms with Crippen molar-refractivity contribution in [3.05, 3.63) is 11.8 Å². The van der Waals surface area contributed by atoms with Crippen molar-refractivity contribution in [2.24, 2.45) is 0 Å². The van der Waals surface area contributed by atoms with Gasteiger partial charge in [-0.25, -0.2) is 4.79 Å². The van der Waals surface area contributed by atoms with Crippen molar-refractivity contribution in [1.82, 2.24) is 0 Å². The van der Waals surface area contributed by atoms with E-state index in [9.17, 15) is 9.90 Å². The summed E-state index contributed by atoms with van der Waals surface area (Å²) in [6.45, 7) is 5.06. The molecule has 13 heavy (non-hydrogen) atoms. The molecule has 4 nitrogen and oxygen atoms in total. The average molecular weight is 186 g/mol. The highest BCUT2D eigenvalue weighted by Crippen LogP contribution is 2.24. The number of hydrogen-bond donors (Lipinski definition) is 1. The predicted octanol–water partition coefficient (Wildman–Crippen LogP) is 0.951.